The maximum atomic E-state index is 12.5. The summed E-state index contributed by atoms with van der Waals surface area (Å²) in [4.78, 5) is 12.5. The van der Waals surface area contributed by atoms with Crippen LogP contribution in [0.25, 0.3) is 5.69 Å². The predicted molar refractivity (Wildman–Crippen MR) is 104 cm³/mol. The molecule has 3 rings (SSSR count). The molecule has 0 aliphatic rings. The molecule has 1 N–H and O–H groups in total. The number of amides is 1. The van der Waals surface area contributed by atoms with Crippen LogP contribution in [-0.2, 0) is 6.42 Å². The van der Waals surface area contributed by atoms with Crippen LogP contribution in [0.15, 0.2) is 41.1 Å². The molecule has 0 unspecified atom stereocenters. The van der Waals surface area contributed by atoms with E-state index in [1.807, 2.05) is 55.8 Å². The normalized spacial score (nSPS) is 11.1. The van der Waals surface area contributed by atoms with Crippen LogP contribution in [0.2, 0.25) is 0 Å². The van der Waals surface area contributed by atoms with Gasteiger partial charge < -0.3 is 9.84 Å². The molecular weight excluding hydrogens is 340 g/mol. The van der Waals surface area contributed by atoms with Gasteiger partial charge in [-0.15, -0.1) is 0 Å². The Balaban J connectivity index is 1.56. The molecule has 6 heteroatoms. The SMILES string of the molecule is Cc1nn(-c2ccccc2)cc1CCCNC(=O)c1c(C)noc1C(C)C. The van der Waals surface area contributed by atoms with Crippen molar-refractivity contribution in [2.75, 3.05) is 6.54 Å². The summed E-state index contributed by atoms with van der Waals surface area (Å²) in [5.74, 6) is 0.651. The molecule has 0 bridgehead atoms. The van der Waals surface area contributed by atoms with Crippen molar-refractivity contribution < 1.29 is 9.32 Å². The van der Waals surface area contributed by atoms with Crippen LogP contribution >= 0.6 is 0 Å². The zero-order valence-corrected chi connectivity index (χ0v) is 16.3. The van der Waals surface area contributed by atoms with Gasteiger partial charge in [0.15, 0.2) is 5.76 Å². The minimum absolute atomic E-state index is 0.117. The number of para-hydroxylation sites is 1. The molecule has 0 aliphatic heterocycles. The molecule has 0 radical (unpaired) electrons. The topological polar surface area (TPSA) is 73.0 Å². The Kier molecular flexibility index (Phi) is 5.74. The molecule has 0 fully saturated rings. The molecule has 0 saturated carbocycles. The molecule has 0 aliphatic carbocycles. The zero-order chi connectivity index (χ0) is 19.4. The molecule has 2 aromatic heterocycles. The number of hydrogen-bond donors (Lipinski definition) is 1. The molecule has 0 saturated heterocycles. The van der Waals surface area contributed by atoms with Gasteiger partial charge in [0.25, 0.3) is 5.91 Å². The van der Waals surface area contributed by atoms with Crippen LogP contribution in [0.4, 0.5) is 0 Å². The summed E-state index contributed by atoms with van der Waals surface area (Å²) in [6.45, 7) is 8.39. The van der Waals surface area contributed by atoms with Crippen molar-refractivity contribution >= 4 is 5.91 Å². The van der Waals surface area contributed by atoms with Gasteiger partial charge in [-0.2, -0.15) is 5.10 Å². The number of carbonyl (C=O) groups is 1. The summed E-state index contributed by atoms with van der Waals surface area (Å²) in [6.07, 6.45) is 3.76. The summed E-state index contributed by atoms with van der Waals surface area (Å²) < 4.78 is 7.19. The van der Waals surface area contributed by atoms with E-state index in [9.17, 15) is 4.79 Å². The third-order valence-electron chi connectivity index (χ3n) is 4.57. The molecule has 2 heterocycles. The quantitative estimate of drug-likeness (QED) is 0.642. The highest BCUT2D eigenvalue weighted by atomic mass is 16.5. The second-order valence-corrected chi connectivity index (χ2v) is 7.04. The van der Waals surface area contributed by atoms with E-state index < -0.39 is 0 Å². The summed E-state index contributed by atoms with van der Waals surface area (Å²) >= 11 is 0. The first-order chi connectivity index (χ1) is 13.0. The molecule has 0 atom stereocenters. The van der Waals surface area contributed by atoms with Crippen molar-refractivity contribution in [3.63, 3.8) is 0 Å². The highest BCUT2D eigenvalue weighted by Gasteiger charge is 2.22. The van der Waals surface area contributed by atoms with E-state index >= 15 is 0 Å². The zero-order valence-electron chi connectivity index (χ0n) is 16.3. The number of benzene rings is 1. The van der Waals surface area contributed by atoms with E-state index in [4.69, 9.17) is 4.52 Å². The van der Waals surface area contributed by atoms with Crippen molar-refractivity contribution in [3.05, 3.63) is 64.8 Å². The van der Waals surface area contributed by atoms with Gasteiger partial charge in [0.2, 0.25) is 0 Å². The predicted octanol–water partition coefficient (Wildman–Crippen LogP) is 3.96. The summed E-state index contributed by atoms with van der Waals surface area (Å²) in [5, 5.41) is 11.5. The van der Waals surface area contributed by atoms with Gasteiger partial charge >= 0.3 is 0 Å². The Morgan fingerprint density at radius 2 is 1.93 bits per heavy atom. The average molecular weight is 366 g/mol. The van der Waals surface area contributed by atoms with Gasteiger partial charge in [-0.3, -0.25) is 4.79 Å². The standard InChI is InChI=1S/C21H26N4O2/c1-14(2)20-19(16(4)24-27-20)21(26)22-12-8-9-17-13-25(23-15(17)3)18-10-6-5-7-11-18/h5-7,10-11,13-14H,8-9,12H2,1-4H3,(H,22,26). The Labute approximate surface area is 159 Å². The maximum Gasteiger partial charge on any atom is 0.256 e. The number of carbonyl (C=O) groups excluding carboxylic acids is 1. The molecule has 0 spiro atoms. The molecular formula is C21H26N4O2. The first kappa shape index (κ1) is 18.9. The van der Waals surface area contributed by atoms with E-state index in [2.05, 4.69) is 21.8 Å². The second kappa shape index (κ2) is 8.20. The lowest BCUT2D eigenvalue weighted by Crippen LogP contribution is -2.26. The number of aromatic nitrogens is 3. The van der Waals surface area contributed by atoms with Gasteiger partial charge in [0, 0.05) is 18.7 Å². The molecule has 6 nitrogen and oxygen atoms in total. The fraction of sp³-hybridized carbons (Fsp3) is 0.381. The van der Waals surface area contributed by atoms with Crippen LogP contribution in [-0.4, -0.2) is 27.4 Å². The highest BCUT2D eigenvalue weighted by molar-refractivity contribution is 5.96. The average Bonchev–Trinajstić information content (AvgIpc) is 3.22. The van der Waals surface area contributed by atoms with E-state index in [1.54, 1.807) is 6.92 Å². The van der Waals surface area contributed by atoms with Gasteiger partial charge in [-0.05, 0) is 44.4 Å². The second-order valence-electron chi connectivity index (χ2n) is 7.04. The number of nitrogens with zero attached hydrogens (tertiary/aromatic N) is 3. The van der Waals surface area contributed by atoms with E-state index in [-0.39, 0.29) is 11.8 Å². The number of nitrogens with one attached hydrogen (secondary N) is 1. The molecule has 27 heavy (non-hydrogen) atoms. The van der Waals surface area contributed by atoms with Gasteiger partial charge in [-0.1, -0.05) is 37.2 Å². The minimum Gasteiger partial charge on any atom is -0.360 e. The lowest BCUT2D eigenvalue weighted by Gasteiger charge is -2.07. The van der Waals surface area contributed by atoms with E-state index in [1.165, 1.54) is 5.56 Å². The molecule has 142 valence electrons. The van der Waals surface area contributed by atoms with Gasteiger partial charge in [-0.25, -0.2) is 4.68 Å². The van der Waals surface area contributed by atoms with Crippen LogP contribution in [0, 0.1) is 13.8 Å². The van der Waals surface area contributed by atoms with E-state index in [0.717, 1.165) is 24.2 Å². The Morgan fingerprint density at radius 3 is 2.63 bits per heavy atom. The maximum absolute atomic E-state index is 12.5. The smallest absolute Gasteiger partial charge is 0.256 e. The van der Waals surface area contributed by atoms with Crippen LogP contribution < -0.4 is 5.32 Å². The summed E-state index contributed by atoms with van der Waals surface area (Å²) in [7, 11) is 0. The van der Waals surface area contributed by atoms with Gasteiger partial charge in [0.05, 0.1) is 17.1 Å². The largest absolute Gasteiger partial charge is 0.360 e. The summed E-state index contributed by atoms with van der Waals surface area (Å²) in [6, 6.07) is 10.1. The van der Waals surface area contributed by atoms with Crippen molar-refractivity contribution in [1.82, 2.24) is 20.3 Å². The number of aryl methyl sites for hydroxylation is 3. The lowest BCUT2D eigenvalue weighted by molar-refractivity contribution is 0.0950. The highest BCUT2D eigenvalue weighted by Crippen LogP contribution is 2.22. The molecule has 1 aromatic carbocycles. The van der Waals surface area contributed by atoms with Gasteiger partial charge in [0.1, 0.15) is 5.56 Å². The summed E-state index contributed by atoms with van der Waals surface area (Å²) in [5.41, 5.74) is 4.46. The number of hydrogen-bond acceptors (Lipinski definition) is 4. The third kappa shape index (κ3) is 4.27. The van der Waals surface area contributed by atoms with Crippen molar-refractivity contribution in [1.29, 1.82) is 0 Å². The Bertz CT molecular complexity index is 910. The van der Waals surface area contributed by atoms with Crippen LogP contribution in [0.5, 0.6) is 0 Å². The minimum atomic E-state index is -0.117. The molecule has 3 aromatic rings. The van der Waals surface area contributed by atoms with Crippen LogP contribution in [0.1, 0.15) is 59.3 Å². The monoisotopic (exact) mass is 366 g/mol. The Hall–Kier alpha value is -2.89. The fourth-order valence-electron chi connectivity index (χ4n) is 3.08. The third-order valence-corrected chi connectivity index (χ3v) is 4.57. The molecule has 1 amide bonds. The first-order valence-electron chi connectivity index (χ1n) is 9.32. The number of rotatable bonds is 7. The van der Waals surface area contributed by atoms with Crippen molar-refractivity contribution in [2.45, 2.75) is 46.5 Å². The van der Waals surface area contributed by atoms with Crippen molar-refractivity contribution in [2.24, 2.45) is 0 Å². The Morgan fingerprint density at radius 1 is 1.19 bits per heavy atom. The lowest BCUT2D eigenvalue weighted by atomic mass is 10.0. The van der Waals surface area contributed by atoms with Crippen molar-refractivity contribution in [3.8, 4) is 5.69 Å². The first-order valence-corrected chi connectivity index (χ1v) is 9.32. The fourth-order valence-corrected chi connectivity index (χ4v) is 3.08. The van der Waals surface area contributed by atoms with Crippen LogP contribution in [0.3, 0.4) is 0 Å². The van der Waals surface area contributed by atoms with E-state index in [0.29, 0.717) is 23.6 Å².